The zero-order valence-electron chi connectivity index (χ0n) is 11.6. The first-order valence-corrected chi connectivity index (χ1v) is 7.11. The quantitative estimate of drug-likeness (QED) is 0.907. The van der Waals surface area contributed by atoms with Gasteiger partial charge in [-0.1, -0.05) is 24.6 Å². The van der Waals surface area contributed by atoms with Gasteiger partial charge >= 0.3 is 0 Å². The van der Waals surface area contributed by atoms with Crippen LogP contribution in [0.5, 0.6) is 0 Å². The summed E-state index contributed by atoms with van der Waals surface area (Å²) in [6, 6.07) is 11.4. The molecule has 0 radical (unpaired) electrons. The molecule has 0 spiro atoms. The second kappa shape index (κ2) is 5.17. The fraction of sp³-hybridized carbons (Fsp3) is 0.438. The van der Waals surface area contributed by atoms with Crippen LogP contribution in [0, 0.1) is 6.92 Å². The molecule has 0 aliphatic heterocycles. The Morgan fingerprint density at radius 3 is 2.63 bits per heavy atom. The molecule has 1 fully saturated rings. The molecule has 1 heterocycles. The van der Waals surface area contributed by atoms with Gasteiger partial charge in [0.25, 0.3) is 0 Å². The number of nitrogens with one attached hydrogen (secondary N) is 1. The Balaban J connectivity index is 1.82. The Labute approximate surface area is 114 Å². The molecular weight excluding hydrogens is 234 g/mol. The van der Waals surface area contributed by atoms with Crippen LogP contribution in [-0.2, 0) is 0 Å². The topological polar surface area (TPSA) is 29.9 Å². The number of rotatable bonds is 4. The number of aromatic nitrogens is 2. The molecule has 1 saturated carbocycles. The Kier molecular flexibility index (Phi) is 3.38. The highest BCUT2D eigenvalue weighted by atomic mass is 15.3. The third kappa shape index (κ3) is 2.43. The first-order chi connectivity index (χ1) is 9.25. The maximum Gasteiger partial charge on any atom is 0.0648 e. The van der Waals surface area contributed by atoms with E-state index in [1.54, 1.807) is 0 Å². The van der Waals surface area contributed by atoms with Gasteiger partial charge in [-0.25, -0.2) is 4.68 Å². The third-order valence-corrected chi connectivity index (χ3v) is 4.11. The van der Waals surface area contributed by atoms with Gasteiger partial charge in [-0.2, -0.15) is 5.10 Å². The van der Waals surface area contributed by atoms with Crippen molar-refractivity contribution in [1.82, 2.24) is 15.1 Å². The van der Waals surface area contributed by atoms with Gasteiger partial charge in [0.1, 0.15) is 0 Å². The van der Waals surface area contributed by atoms with Gasteiger partial charge in [-0.05, 0) is 38.8 Å². The number of benzene rings is 1. The van der Waals surface area contributed by atoms with E-state index in [1.165, 1.54) is 30.5 Å². The molecule has 3 nitrogen and oxygen atoms in total. The van der Waals surface area contributed by atoms with E-state index in [1.807, 2.05) is 29.1 Å². The summed E-state index contributed by atoms with van der Waals surface area (Å²) in [5.41, 5.74) is 3.66. The van der Waals surface area contributed by atoms with E-state index in [4.69, 9.17) is 0 Å². The molecule has 3 heteroatoms. The molecular formula is C16H21N3. The summed E-state index contributed by atoms with van der Waals surface area (Å²) < 4.78 is 2.02. The van der Waals surface area contributed by atoms with E-state index < -0.39 is 0 Å². The zero-order valence-corrected chi connectivity index (χ0v) is 11.6. The molecule has 1 aliphatic carbocycles. The van der Waals surface area contributed by atoms with Gasteiger partial charge in [0.2, 0.25) is 0 Å². The summed E-state index contributed by atoms with van der Waals surface area (Å²) in [6.45, 7) is 4.38. The monoisotopic (exact) mass is 255 g/mol. The minimum atomic E-state index is 0.378. The summed E-state index contributed by atoms with van der Waals surface area (Å²) in [6.07, 6.45) is 6.00. The third-order valence-electron chi connectivity index (χ3n) is 4.11. The molecule has 0 bridgehead atoms. The second-order valence-corrected chi connectivity index (χ2v) is 5.45. The molecule has 1 aromatic carbocycles. The Hall–Kier alpha value is -1.61. The van der Waals surface area contributed by atoms with Crippen LogP contribution in [0.4, 0.5) is 0 Å². The smallest absolute Gasteiger partial charge is 0.0648 e. The maximum atomic E-state index is 4.53. The molecule has 1 aliphatic rings. The largest absolute Gasteiger partial charge is 0.307 e. The van der Waals surface area contributed by atoms with E-state index in [-0.39, 0.29) is 0 Å². The fourth-order valence-electron chi connectivity index (χ4n) is 2.70. The lowest BCUT2D eigenvalue weighted by Gasteiger charge is -2.30. The summed E-state index contributed by atoms with van der Waals surface area (Å²) in [5.74, 6) is 0. The van der Waals surface area contributed by atoms with Crippen molar-refractivity contribution < 1.29 is 0 Å². The van der Waals surface area contributed by atoms with Crippen LogP contribution in [0.25, 0.3) is 5.69 Å². The first kappa shape index (κ1) is 12.4. The number of para-hydroxylation sites is 1. The predicted molar refractivity (Wildman–Crippen MR) is 77.5 cm³/mol. The van der Waals surface area contributed by atoms with Crippen LogP contribution < -0.4 is 5.32 Å². The van der Waals surface area contributed by atoms with Crippen LogP contribution >= 0.6 is 0 Å². The first-order valence-electron chi connectivity index (χ1n) is 7.11. The Morgan fingerprint density at radius 1 is 1.26 bits per heavy atom. The highest BCUT2D eigenvalue weighted by Crippen LogP contribution is 2.25. The molecule has 0 amide bonds. The average molecular weight is 255 g/mol. The minimum Gasteiger partial charge on any atom is -0.307 e. The van der Waals surface area contributed by atoms with E-state index in [9.17, 15) is 0 Å². The van der Waals surface area contributed by atoms with Crippen molar-refractivity contribution in [2.24, 2.45) is 0 Å². The highest BCUT2D eigenvalue weighted by Gasteiger charge is 2.21. The molecule has 1 aromatic heterocycles. The number of nitrogens with zero attached hydrogens (tertiary/aromatic N) is 2. The maximum absolute atomic E-state index is 4.53. The van der Waals surface area contributed by atoms with Crippen molar-refractivity contribution in [3.05, 3.63) is 47.8 Å². The fourth-order valence-corrected chi connectivity index (χ4v) is 2.70. The highest BCUT2D eigenvalue weighted by molar-refractivity contribution is 5.35. The standard InChI is InChI=1S/C16H21N3/c1-12(18-14-7-6-8-14)16-11-17-19(13(16)2)15-9-4-3-5-10-15/h3-5,9-12,14,18H,6-8H2,1-2H3. The van der Waals surface area contributed by atoms with E-state index in [0.29, 0.717) is 12.1 Å². The molecule has 2 aromatic rings. The van der Waals surface area contributed by atoms with Gasteiger partial charge in [0.05, 0.1) is 11.9 Å². The summed E-state index contributed by atoms with van der Waals surface area (Å²) in [5, 5.41) is 8.22. The lowest BCUT2D eigenvalue weighted by molar-refractivity contribution is 0.313. The molecule has 19 heavy (non-hydrogen) atoms. The molecule has 3 rings (SSSR count). The van der Waals surface area contributed by atoms with Gasteiger partial charge in [-0.15, -0.1) is 0 Å². The van der Waals surface area contributed by atoms with Crippen LogP contribution in [0.1, 0.15) is 43.5 Å². The lowest BCUT2D eigenvalue weighted by Crippen LogP contribution is -2.36. The van der Waals surface area contributed by atoms with Gasteiger partial charge < -0.3 is 5.32 Å². The normalized spacial score (nSPS) is 17.2. The summed E-state index contributed by atoms with van der Waals surface area (Å²) in [7, 11) is 0. The molecule has 1 N–H and O–H groups in total. The van der Waals surface area contributed by atoms with Crippen LogP contribution in [0.3, 0.4) is 0 Å². The Morgan fingerprint density at radius 2 is 2.00 bits per heavy atom. The minimum absolute atomic E-state index is 0.378. The van der Waals surface area contributed by atoms with Crippen molar-refractivity contribution in [3.63, 3.8) is 0 Å². The molecule has 100 valence electrons. The van der Waals surface area contributed by atoms with Gasteiger partial charge in [0, 0.05) is 23.3 Å². The van der Waals surface area contributed by atoms with Crippen molar-refractivity contribution in [2.45, 2.75) is 45.2 Å². The van der Waals surface area contributed by atoms with Gasteiger partial charge in [-0.3, -0.25) is 0 Å². The predicted octanol–water partition coefficient (Wildman–Crippen LogP) is 3.38. The van der Waals surface area contributed by atoms with Crippen LogP contribution in [-0.4, -0.2) is 15.8 Å². The lowest BCUT2D eigenvalue weighted by atomic mass is 9.92. The van der Waals surface area contributed by atoms with Crippen molar-refractivity contribution >= 4 is 0 Å². The summed E-state index contributed by atoms with van der Waals surface area (Å²) in [4.78, 5) is 0. The molecule has 0 saturated heterocycles. The van der Waals surface area contributed by atoms with E-state index in [0.717, 1.165) is 5.69 Å². The zero-order chi connectivity index (χ0) is 13.2. The van der Waals surface area contributed by atoms with Crippen molar-refractivity contribution in [3.8, 4) is 5.69 Å². The van der Waals surface area contributed by atoms with Crippen LogP contribution in [0.15, 0.2) is 36.5 Å². The van der Waals surface area contributed by atoms with Crippen molar-refractivity contribution in [1.29, 1.82) is 0 Å². The second-order valence-electron chi connectivity index (χ2n) is 5.45. The molecule has 1 unspecified atom stereocenters. The van der Waals surface area contributed by atoms with Gasteiger partial charge in [0.15, 0.2) is 0 Å². The van der Waals surface area contributed by atoms with Crippen molar-refractivity contribution in [2.75, 3.05) is 0 Å². The summed E-state index contributed by atoms with van der Waals surface area (Å²) >= 11 is 0. The Bertz CT molecular complexity index is 540. The van der Waals surface area contributed by atoms with E-state index in [2.05, 4.69) is 36.4 Å². The number of hydrogen-bond donors (Lipinski definition) is 1. The average Bonchev–Trinajstić information content (AvgIpc) is 2.77. The van der Waals surface area contributed by atoms with E-state index >= 15 is 0 Å². The van der Waals surface area contributed by atoms with Crippen LogP contribution in [0.2, 0.25) is 0 Å². The number of hydrogen-bond acceptors (Lipinski definition) is 2. The molecule has 1 atom stereocenters. The SMILES string of the molecule is Cc1c(C(C)NC2CCC2)cnn1-c1ccccc1.